The number of hydrogen-bond acceptors (Lipinski definition) is 6. The Morgan fingerprint density at radius 3 is 1.03 bits per heavy atom. The fourth-order valence-corrected chi connectivity index (χ4v) is 7.11. The van der Waals surface area contributed by atoms with Gasteiger partial charge in [-0.15, -0.1) is 0 Å². The van der Waals surface area contributed by atoms with Crippen molar-refractivity contribution in [2.45, 2.75) is 264 Å². The van der Waals surface area contributed by atoms with Gasteiger partial charge in [0.15, 0.2) is 6.10 Å². The molecule has 0 bridgehead atoms. The molecule has 0 radical (unpaired) electrons. The van der Waals surface area contributed by atoms with Crippen LogP contribution in [0.15, 0.2) is 48.6 Å². The fourth-order valence-electron chi connectivity index (χ4n) is 7.11. The summed E-state index contributed by atoms with van der Waals surface area (Å²) in [5.74, 6) is -0.925. The zero-order valence-corrected chi connectivity index (χ0v) is 39.7. The zero-order chi connectivity index (χ0) is 43.7. The van der Waals surface area contributed by atoms with E-state index in [2.05, 4.69) is 69.4 Å². The molecule has 0 aliphatic heterocycles. The Morgan fingerprint density at radius 2 is 0.617 bits per heavy atom. The number of ether oxygens (including phenoxy) is 3. The van der Waals surface area contributed by atoms with Crippen molar-refractivity contribution in [1.82, 2.24) is 0 Å². The fraction of sp³-hybridized carbons (Fsp3) is 0.796. The Labute approximate surface area is 371 Å². The highest BCUT2D eigenvalue weighted by molar-refractivity contribution is 5.71. The van der Waals surface area contributed by atoms with E-state index >= 15 is 0 Å². The van der Waals surface area contributed by atoms with Crippen molar-refractivity contribution in [3.8, 4) is 0 Å². The van der Waals surface area contributed by atoms with Gasteiger partial charge in [-0.05, 0) is 89.9 Å². The number of carbonyl (C=O) groups excluding carboxylic acids is 3. The second kappa shape index (κ2) is 49.0. The normalized spacial score (nSPS) is 12.4. The second-order valence-electron chi connectivity index (χ2n) is 17.1. The molecule has 1 unspecified atom stereocenters. The first kappa shape index (κ1) is 57.4. The minimum Gasteiger partial charge on any atom is -0.462 e. The molecule has 0 aliphatic carbocycles. The van der Waals surface area contributed by atoms with Crippen LogP contribution in [0.1, 0.15) is 258 Å². The van der Waals surface area contributed by atoms with E-state index in [1.165, 1.54) is 135 Å². The Balaban J connectivity index is 4.34. The van der Waals surface area contributed by atoms with Gasteiger partial charge in [0.2, 0.25) is 0 Å². The van der Waals surface area contributed by atoms with Crippen molar-refractivity contribution in [3.63, 3.8) is 0 Å². The van der Waals surface area contributed by atoms with E-state index in [4.69, 9.17) is 14.2 Å². The van der Waals surface area contributed by atoms with Crippen molar-refractivity contribution in [2.75, 3.05) is 13.2 Å². The number of unbranched alkanes of at least 4 members (excludes halogenated alkanes) is 28. The number of rotatable bonds is 46. The molecule has 6 heteroatoms. The molecule has 0 heterocycles. The maximum Gasteiger partial charge on any atom is 0.306 e. The van der Waals surface area contributed by atoms with E-state index in [-0.39, 0.29) is 31.1 Å². The van der Waals surface area contributed by atoms with Crippen LogP contribution in [0, 0.1) is 0 Å². The van der Waals surface area contributed by atoms with Gasteiger partial charge in [-0.1, -0.05) is 198 Å². The average molecular weight is 841 g/mol. The molecule has 0 amide bonds. The molecule has 1 atom stereocenters. The molecule has 60 heavy (non-hydrogen) atoms. The lowest BCUT2D eigenvalue weighted by molar-refractivity contribution is -0.167. The van der Waals surface area contributed by atoms with E-state index in [0.717, 1.165) is 83.5 Å². The monoisotopic (exact) mass is 841 g/mol. The number of esters is 3. The van der Waals surface area contributed by atoms with Gasteiger partial charge < -0.3 is 14.2 Å². The smallest absolute Gasteiger partial charge is 0.306 e. The van der Waals surface area contributed by atoms with Crippen molar-refractivity contribution >= 4 is 17.9 Å². The van der Waals surface area contributed by atoms with Crippen molar-refractivity contribution in [3.05, 3.63) is 48.6 Å². The van der Waals surface area contributed by atoms with Crippen LogP contribution in [0.4, 0.5) is 0 Å². The highest BCUT2D eigenvalue weighted by Gasteiger charge is 2.19. The maximum absolute atomic E-state index is 12.7. The predicted octanol–water partition coefficient (Wildman–Crippen LogP) is 16.7. The molecule has 0 spiro atoms. The highest BCUT2D eigenvalue weighted by Crippen LogP contribution is 2.14. The summed E-state index contributed by atoms with van der Waals surface area (Å²) in [6.07, 6.45) is 58.1. The first-order chi connectivity index (χ1) is 29.5. The lowest BCUT2D eigenvalue weighted by atomic mass is 10.1. The van der Waals surface area contributed by atoms with Gasteiger partial charge in [-0.2, -0.15) is 0 Å². The second-order valence-corrected chi connectivity index (χ2v) is 17.1. The average Bonchev–Trinajstić information content (AvgIpc) is 3.24. The van der Waals surface area contributed by atoms with Crippen LogP contribution in [-0.4, -0.2) is 37.2 Å². The largest absolute Gasteiger partial charge is 0.462 e. The van der Waals surface area contributed by atoms with Gasteiger partial charge in [0.1, 0.15) is 13.2 Å². The third kappa shape index (κ3) is 46.4. The van der Waals surface area contributed by atoms with Crippen molar-refractivity contribution < 1.29 is 28.6 Å². The Hall–Kier alpha value is -2.63. The molecule has 0 aromatic carbocycles. The van der Waals surface area contributed by atoms with Gasteiger partial charge in [-0.3, -0.25) is 14.4 Å². The van der Waals surface area contributed by atoms with Crippen LogP contribution in [0.3, 0.4) is 0 Å². The third-order valence-electron chi connectivity index (χ3n) is 11.1. The van der Waals surface area contributed by atoms with Crippen molar-refractivity contribution in [1.29, 1.82) is 0 Å². The Bertz CT molecular complexity index is 1060. The van der Waals surface area contributed by atoms with Crippen LogP contribution in [0.5, 0.6) is 0 Å². The molecule has 0 aliphatic rings. The SMILES string of the molecule is CCCC/C=C\C=C/CCCCCC(=O)OCC(COC(=O)CCCCCCCCC/C=C\CCCCCCCCCC)OC(=O)CCCCCCC/C=C\CCCCC. The number of hydrogen-bond donors (Lipinski definition) is 0. The summed E-state index contributed by atoms with van der Waals surface area (Å²) in [6, 6.07) is 0. The van der Waals surface area contributed by atoms with E-state index in [1.807, 2.05) is 0 Å². The number of allylic oxidation sites excluding steroid dienone is 8. The molecule has 0 aromatic rings. The maximum atomic E-state index is 12.7. The van der Waals surface area contributed by atoms with Crippen LogP contribution in [0.2, 0.25) is 0 Å². The van der Waals surface area contributed by atoms with Gasteiger partial charge in [0, 0.05) is 19.3 Å². The third-order valence-corrected chi connectivity index (χ3v) is 11.1. The van der Waals surface area contributed by atoms with Gasteiger partial charge >= 0.3 is 17.9 Å². The molecule has 0 N–H and O–H groups in total. The molecule has 6 nitrogen and oxygen atoms in total. The highest BCUT2D eigenvalue weighted by atomic mass is 16.6. The van der Waals surface area contributed by atoms with E-state index in [9.17, 15) is 14.4 Å². The molecular formula is C54H96O6. The first-order valence-electron chi connectivity index (χ1n) is 25.7. The molecular weight excluding hydrogens is 745 g/mol. The van der Waals surface area contributed by atoms with Gasteiger partial charge in [-0.25, -0.2) is 0 Å². The summed E-state index contributed by atoms with van der Waals surface area (Å²) >= 11 is 0. The summed E-state index contributed by atoms with van der Waals surface area (Å²) in [6.45, 7) is 6.53. The molecule has 0 fully saturated rings. The molecule has 0 saturated heterocycles. The first-order valence-corrected chi connectivity index (χ1v) is 25.7. The minimum absolute atomic E-state index is 0.0867. The predicted molar refractivity (Wildman–Crippen MR) is 256 cm³/mol. The number of carbonyl (C=O) groups is 3. The molecule has 0 aromatic heterocycles. The summed E-state index contributed by atoms with van der Waals surface area (Å²) in [4.78, 5) is 37.9. The lowest BCUT2D eigenvalue weighted by Gasteiger charge is -2.18. The van der Waals surface area contributed by atoms with E-state index in [0.29, 0.717) is 19.3 Å². The van der Waals surface area contributed by atoms with Crippen LogP contribution < -0.4 is 0 Å². The molecule has 348 valence electrons. The molecule has 0 rings (SSSR count). The Kier molecular flexibility index (Phi) is 46.9. The zero-order valence-electron chi connectivity index (χ0n) is 39.7. The molecule has 0 saturated carbocycles. The minimum atomic E-state index is -0.787. The summed E-state index contributed by atoms with van der Waals surface area (Å²) in [5, 5.41) is 0. The van der Waals surface area contributed by atoms with Crippen molar-refractivity contribution in [2.24, 2.45) is 0 Å². The topological polar surface area (TPSA) is 78.9 Å². The van der Waals surface area contributed by atoms with Gasteiger partial charge in [0.05, 0.1) is 0 Å². The van der Waals surface area contributed by atoms with Crippen LogP contribution in [-0.2, 0) is 28.6 Å². The van der Waals surface area contributed by atoms with Crippen LogP contribution >= 0.6 is 0 Å². The summed E-state index contributed by atoms with van der Waals surface area (Å²) in [5.41, 5.74) is 0. The van der Waals surface area contributed by atoms with E-state index < -0.39 is 6.10 Å². The van der Waals surface area contributed by atoms with E-state index in [1.54, 1.807) is 0 Å². The van der Waals surface area contributed by atoms with Gasteiger partial charge in [0.25, 0.3) is 0 Å². The van der Waals surface area contributed by atoms with Crippen LogP contribution in [0.25, 0.3) is 0 Å². The summed E-state index contributed by atoms with van der Waals surface area (Å²) in [7, 11) is 0. The standard InChI is InChI=1S/C54H96O6/c1-4-7-10-13-16-19-22-24-25-26-27-28-29-30-33-35-38-41-44-47-53(56)59-50-51(49-58-52(55)46-43-40-37-34-31-21-18-15-12-9-6-3)60-54(57)48-45-42-39-36-32-23-20-17-14-11-8-5-2/h15,17-18,20-21,26-27,31,51H,4-14,16,19,22-25,28-30,32-50H2,1-3H3/b18-15-,20-17-,27-26-,31-21-. The quantitative estimate of drug-likeness (QED) is 0.0200. The summed E-state index contributed by atoms with van der Waals surface area (Å²) < 4.78 is 16.7. The lowest BCUT2D eigenvalue weighted by Crippen LogP contribution is -2.30. The Morgan fingerprint density at radius 1 is 0.333 bits per heavy atom.